The molecule has 0 unspecified atom stereocenters. The monoisotopic (exact) mass is 362 g/mol. The zero-order valence-corrected chi connectivity index (χ0v) is 14.9. The van der Waals surface area contributed by atoms with Crippen LogP contribution in [0, 0.1) is 0 Å². The van der Waals surface area contributed by atoms with E-state index in [1.54, 1.807) is 17.6 Å². The van der Waals surface area contributed by atoms with Crippen LogP contribution in [0.15, 0.2) is 72.0 Å². The number of aliphatic hydroxyl groups excluding tert-OH is 1. The number of hydrogen-bond acceptors (Lipinski definition) is 5. The van der Waals surface area contributed by atoms with E-state index < -0.39 is 0 Å². The van der Waals surface area contributed by atoms with Crippen molar-refractivity contribution >= 4 is 33.1 Å². The van der Waals surface area contributed by atoms with Crippen LogP contribution < -0.4 is 5.32 Å². The number of nitrogens with one attached hydrogen (secondary N) is 1. The first-order chi connectivity index (χ1) is 12.7. The van der Waals surface area contributed by atoms with Gasteiger partial charge in [0.1, 0.15) is 11.8 Å². The van der Waals surface area contributed by atoms with Gasteiger partial charge in [-0.1, -0.05) is 49.0 Å². The summed E-state index contributed by atoms with van der Waals surface area (Å²) in [6.45, 7) is 4.20. The summed E-state index contributed by atoms with van der Waals surface area (Å²) in [4.78, 5) is 5.61. The molecule has 0 fully saturated rings. The predicted molar refractivity (Wildman–Crippen MR) is 106 cm³/mol. The van der Waals surface area contributed by atoms with E-state index in [9.17, 15) is 0 Å². The fourth-order valence-corrected chi connectivity index (χ4v) is 3.69. The Bertz CT molecular complexity index is 1050. The number of anilines is 1. The third-order valence-corrected chi connectivity index (χ3v) is 5.11. The summed E-state index contributed by atoms with van der Waals surface area (Å²) in [5.41, 5.74) is 4.66. The molecule has 2 N–H and O–H groups in total. The van der Waals surface area contributed by atoms with Gasteiger partial charge in [-0.25, -0.2) is 4.98 Å². The molecule has 2 aromatic carbocycles. The summed E-state index contributed by atoms with van der Waals surface area (Å²) in [6.07, 6.45) is 4.41. The Kier molecular flexibility index (Phi) is 4.56. The maximum Gasteiger partial charge on any atom is 0.187 e. The number of furan rings is 1. The van der Waals surface area contributed by atoms with Crippen LogP contribution in [-0.2, 0) is 13.0 Å². The lowest BCUT2D eigenvalue weighted by Crippen LogP contribution is -1.95. The van der Waals surface area contributed by atoms with E-state index >= 15 is 0 Å². The van der Waals surface area contributed by atoms with Crippen molar-refractivity contribution in [3.05, 3.63) is 89.1 Å². The van der Waals surface area contributed by atoms with Crippen LogP contribution >= 0.6 is 11.3 Å². The molecule has 26 heavy (non-hydrogen) atoms. The molecule has 4 aromatic rings. The molecule has 0 amide bonds. The van der Waals surface area contributed by atoms with Crippen LogP contribution in [0.25, 0.3) is 16.7 Å². The number of benzene rings is 2. The van der Waals surface area contributed by atoms with Crippen LogP contribution in [0.2, 0.25) is 0 Å². The van der Waals surface area contributed by atoms with Crippen molar-refractivity contribution in [3.63, 3.8) is 0 Å². The molecule has 5 heteroatoms. The third kappa shape index (κ3) is 3.40. The molecular formula is C21H18N2O2S. The molecule has 0 saturated heterocycles. The van der Waals surface area contributed by atoms with Gasteiger partial charge in [0.2, 0.25) is 0 Å². The van der Waals surface area contributed by atoms with Crippen molar-refractivity contribution in [2.75, 3.05) is 5.32 Å². The molecule has 0 radical (unpaired) electrons. The fourth-order valence-electron chi connectivity index (χ4n) is 2.82. The topological polar surface area (TPSA) is 58.3 Å². The number of aliphatic hydroxyl groups is 1. The maximum absolute atomic E-state index is 9.12. The average molecular weight is 362 g/mol. The Morgan fingerprint density at radius 3 is 2.69 bits per heavy atom. The first-order valence-electron chi connectivity index (χ1n) is 8.29. The van der Waals surface area contributed by atoms with Crippen LogP contribution in [0.5, 0.6) is 0 Å². The van der Waals surface area contributed by atoms with Crippen molar-refractivity contribution in [1.29, 1.82) is 0 Å². The minimum atomic E-state index is 0.0692. The molecule has 4 nitrogen and oxygen atoms in total. The Labute approximate surface area is 155 Å². The molecule has 0 saturated carbocycles. The van der Waals surface area contributed by atoms with E-state index in [2.05, 4.69) is 16.9 Å². The van der Waals surface area contributed by atoms with Gasteiger partial charge < -0.3 is 14.8 Å². The highest BCUT2D eigenvalue weighted by atomic mass is 32.1. The highest BCUT2D eigenvalue weighted by molar-refractivity contribution is 7.15. The van der Waals surface area contributed by atoms with Gasteiger partial charge in [-0.2, -0.15) is 0 Å². The fraction of sp³-hybridized carbons (Fsp3) is 0.0952. The minimum Gasteiger partial charge on any atom is -0.464 e. The number of hydrogen-bond donors (Lipinski definition) is 2. The van der Waals surface area contributed by atoms with Gasteiger partial charge in [-0.15, -0.1) is 11.3 Å². The molecule has 2 aromatic heterocycles. The van der Waals surface area contributed by atoms with Gasteiger partial charge in [0, 0.05) is 34.1 Å². The molecule has 0 spiro atoms. The Hall–Kier alpha value is -2.89. The number of fused-ring (bicyclic) bond motifs is 1. The molecule has 2 heterocycles. The standard InChI is InChI=1S/C21H18N2O2S/c1-14(19-13-25-20-5-3-2-4-18(19)20)23-21-22-11-17(26-21)10-15-6-8-16(12-24)9-7-15/h2-9,11,13,24H,1,10,12H2,(H,22,23). The van der Waals surface area contributed by atoms with Crippen molar-refractivity contribution in [3.8, 4) is 0 Å². The lowest BCUT2D eigenvalue weighted by molar-refractivity contribution is 0.282. The normalized spacial score (nSPS) is 11.0. The van der Waals surface area contributed by atoms with Gasteiger partial charge in [-0.3, -0.25) is 0 Å². The number of nitrogens with zero attached hydrogens (tertiary/aromatic N) is 1. The van der Waals surface area contributed by atoms with Crippen LogP contribution in [0.4, 0.5) is 5.13 Å². The first kappa shape index (κ1) is 16.6. The lowest BCUT2D eigenvalue weighted by Gasteiger charge is -2.04. The molecule has 0 aliphatic rings. The molecule has 0 aliphatic heterocycles. The van der Waals surface area contributed by atoms with Gasteiger partial charge >= 0.3 is 0 Å². The number of thiazole rings is 1. The van der Waals surface area contributed by atoms with Gasteiger partial charge in [0.15, 0.2) is 5.13 Å². The summed E-state index contributed by atoms with van der Waals surface area (Å²) in [5, 5.41) is 14.2. The van der Waals surface area contributed by atoms with Gasteiger partial charge in [-0.05, 0) is 17.2 Å². The second kappa shape index (κ2) is 7.15. The quantitative estimate of drug-likeness (QED) is 0.504. The molecule has 4 rings (SSSR count). The highest BCUT2D eigenvalue weighted by Gasteiger charge is 2.10. The number of rotatable bonds is 6. The molecule has 0 aliphatic carbocycles. The van der Waals surface area contributed by atoms with Crippen LogP contribution in [0.1, 0.15) is 21.6 Å². The van der Waals surface area contributed by atoms with Crippen molar-refractivity contribution in [1.82, 2.24) is 4.98 Å². The molecular weight excluding hydrogens is 344 g/mol. The van der Waals surface area contributed by atoms with E-state index in [0.717, 1.165) is 44.2 Å². The number of aromatic nitrogens is 1. The van der Waals surface area contributed by atoms with E-state index in [0.29, 0.717) is 0 Å². The molecule has 0 bridgehead atoms. The maximum atomic E-state index is 9.12. The summed E-state index contributed by atoms with van der Waals surface area (Å²) in [7, 11) is 0. The van der Waals surface area contributed by atoms with Crippen molar-refractivity contribution < 1.29 is 9.52 Å². The zero-order valence-electron chi connectivity index (χ0n) is 14.1. The Morgan fingerprint density at radius 2 is 1.88 bits per heavy atom. The van der Waals surface area contributed by atoms with Crippen LogP contribution in [0.3, 0.4) is 0 Å². The van der Waals surface area contributed by atoms with Gasteiger partial charge in [0.25, 0.3) is 0 Å². The van der Waals surface area contributed by atoms with E-state index in [1.807, 2.05) is 54.7 Å². The Balaban J connectivity index is 1.46. The highest BCUT2D eigenvalue weighted by Crippen LogP contribution is 2.29. The summed E-state index contributed by atoms with van der Waals surface area (Å²) in [6, 6.07) is 15.9. The number of para-hydroxylation sites is 1. The van der Waals surface area contributed by atoms with E-state index in [4.69, 9.17) is 9.52 Å². The molecule has 0 atom stereocenters. The second-order valence-corrected chi connectivity index (χ2v) is 7.15. The van der Waals surface area contributed by atoms with E-state index in [-0.39, 0.29) is 6.61 Å². The lowest BCUT2D eigenvalue weighted by atomic mass is 10.1. The summed E-state index contributed by atoms with van der Waals surface area (Å²) < 4.78 is 5.58. The van der Waals surface area contributed by atoms with Crippen molar-refractivity contribution in [2.24, 2.45) is 0 Å². The largest absolute Gasteiger partial charge is 0.464 e. The average Bonchev–Trinajstić information content (AvgIpc) is 3.29. The van der Waals surface area contributed by atoms with Crippen LogP contribution in [-0.4, -0.2) is 10.1 Å². The van der Waals surface area contributed by atoms with E-state index in [1.165, 1.54) is 5.56 Å². The molecule has 130 valence electrons. The smallest absolute Gasteiger partial charge is 0.187 e. The summed E-state index contributed by atoms with van der Waals surface area (Å²) >= 11 is 1.61. The van der Waals surface area contributed by atoms with Gasteiger partial charge in [0.05, 0.1) is 6.61 Å². The SMILES string of the molecule is C=C(Nc1ncc(Cc2ccc(CO)cc2)s1)c1coc2ccccc12. The minimum absolute atomic E-state index is 0.0692. The van der Waals surface area contributed by atoms with Crippen molar-refractivity contribution in [2.45, 2.75) is 13.0 Å². The second-order valence-electron chi connectivity index (χ2n) is 6.03. The zero-order chi connectivity index (χ0) is 17.9. The summed E-state index contributed by atoms with van der Waals surface area (Å²) in [5.74, 6) is 0. The first-order valence-corrected chi connectivity index (χ1v) is 9.10. The predicted octanol–water partition coefficient (Wildman–Crippen LogP) is 5.06. The Morgan fingerprint density at radius 1 is 1.12 bits per heavy atom. The third-order valence-electron chi connectivity index (χ3n) is 4.20.